The molecule has 0 spiro atoms. The number of nitrogens with zero attached hydrogens (tertiary/aromatic N) is 1. The standard InChI is InChI=1S/C20H17NO5/c1-3-26-18(13-7-5-4-6-8-13)17-15-11-14(20(24)25)9-10-16(15)21(12(2)22)19(17)23/h4-11H,3H2,1-2H3,(H,24,25)/b18-17-. The molecule has 2 aromatic rings. The van der Waals surface area contributed by atoms with Crippen molar-refractivity contribution in [1.82, 2.24) is 0 Å². The number of aromatic carboxylic acids is 1. The molecule has 0 saturated heterocycles. The minimum atomic E-state index is -1.11. The number of rotatable bonds is 4. The number of amides is 2. The van der Waals surface area contributed by atoms with E-state index in [2.05, 4.69) is 0 Å². The zero-order valence-corrected chi connectivity index (χ0v) is 14.4. The summed E-state index contributed by atoms with van der Waals surface area (Å²) in [7, 11) is 0. The lowest BCUT2D eigenvalue weighted by Gasteiger charge is -2.13. The highest BCUT2D eigenvalue weighted by molar-refractivity contribution is 6.43. The average Bonchev–Trinajstić information content (AvgIpc) is 2.91. The van der Waals surface area contributed by atoms with E-state index in [1.54, 1.807) is 19.1 Å². The first-order chi connectivity index (χ1) is 12.5. The lowest BCUT2D eigenvalue weighted by molar-refractivity contribution is -0.122. The van der Waals surface area contributed by atoms with Gasteiger partial charge in [0.2, 0.25) is 5.91 Å². The Kier molecular flexibility index (Phi) is 4.58. The van der Waals surface area contributed by atoms with Gasteiger partial charge in [0.1, 0.15) is 5.76 Å². The predicted octanol–water partition coefficient (Wildman–Crippen LogP) is 3.18. The van der Waals surface area contributed by atoms with Gasteiger partial charge in [-0.25, -0.2) is 9.69 Å². The van der Waals surface area contributed by atoms with Gasteiger partial charge in [-0.05, 0) is 25.1 Å². The summed E-state index contributed by atoms with van der Waals surface area (Å²) in [6.45, 7) is 3.40. The Hall–Kier alpha value is -3.41. The van der Waals surface area contributed by atoms with Crippen molar-refractivity contribution in [2.24, 2.45) is 0 Å². The van der Waals surface area contributed by atoms with E-state index in [1.807, 2.05) is 18.2 Å². The van der Waals surface area contributed by atoms with Crippen molar-refractivity contribution in [1.29, 1.82) is 0 Å². The first kappa shape index (κ1) is 17.4. The van der Waals surface area contributed by atoms with E-state index in [0.717, 1.165) is 4.90 Å². The van der Waals surface area contributed by atoms with Gasteiger partial charge in [-0.2, -0.15) is 0 Å². The molecule has 0 aromatic heterocycles. The molecule has 1 heterocycles. The molecule has 0 unspecified atom stereocenters. The molecule has 6 nitrogen and oxygen atoms in total. The Morgan fingerprint density at radius 2 is 1.77 bits per heavy atom. The maximum atomic E-state index is 13.0. The van der Waals surface area contributed by atoms with Gasteiger partial charge in [-0.1, -0.05) is 30.3 Å². The first-order valence-corrected chi connectivity index (χ1v) is 8.11. The second-order valence-electron chi connectivity index (χ2n) is 5.70. The van der Waals surface area contributed by atoms with Crippen LogP contribution in [0.2, 0.25) is 0 Å². The molecular formula is C20H17NO5. The highest BCUT2D eigenvalue weighted by Gasteiger charge is 2.38. The van der Waals surface area contributed by atoms with Crippen molar-refractivity contribution in [2.45, 2.75) is 13.8 Å². The van der Waals surface area contributed by atoms with Crippen LogP contribution in [0.4, 0.5) is 5.69 Å². The quantitative estimate of drug-likeness (QED) is 0.675. The predicted molar refractivity (Wildman–Crippen MR) is 96.5 cm³/mol. The van der Waals surface area contributed by atoms with Gasteiger partial charge >= 0.3 is 5.97 Å². The molecule has 1 N–H and O–H groups in total. The third-order valence-corrected chi connectivity index (χ3v) is 4.04. The SMILES string of the molecule is CCO/C(=C1\C(=O)N(C(C)=O)c2ccc(C(=O)O)cc21)c1ccccc1. The van der Waals surface area contributed by atoms with Crippen LogP contribution in [0, 0.1) is 0 Å². The molecule has 0 radical (unpaired) electrons. The van der Waals surface area contributed by atoms with Crippen LogP contribution in [0.25, 0.3) is 11.3 Å². The molecular weight excluding hydrogens is 334 g/mol. The van der Waals surface area contributed by atoms with Gasteiger partial charge in [-0.3, -0.25) is 9.59 Å². The number of fused-ring (bicyclic) bond motifs is 1. The number of benzene rings is 2. The van der Waals surface area contributed by atoms with E-state index in [9.17, 15) is 19.5 Å². The number of anilines is 1. The van der Waals surface area contributed by atoms with Crippen LogP contribution in [0.5, 0.6) is 0 Å². The number of carbonyl (C=O) groups excluding carboxylic acids is 2. The highest BCUT2D eigenvalue weighted by atomic mass is 16.5. The van der Waals surface area contributed by atoms with Crippen molar-refractivity contribution in [3.05, 3.63) is 65.2 Å². The van der Waals surface area contributed by atoms with Crippen molar-refractivity contribution < 1.29 is 24.2 Å². The third kappa shape index (κ3) is 2.86. The molecule has 1 aliphatic rings. The van der Waals surface area contributed by atoms with E-state index >= 15 is 0 Å². The first-order valence-electron chi connectivity index (χ1n) is 8.11. The Morgan fingerprint density at radius 3 is 2.35 bits per heavy atom. The second kappa shape index (κ2) is 6.84. The van der Waals surface area contributed by atoms with Gasteiger partial charge in [0, 0.05) is 18.1 Å². The van der Waals surface area contributed by atoms with Gasteiger partial charge in [0.15, 0.2) is 0 Å². The fourth-order valence-electron chi connectivity index (χ4n) is 2.97. The zero-order chi connectivity index (χ0) is 18.8. The number of ether oxygens (including phenoxy) is 1. The molecule has 0 bridgehead atoms. The number of hydrogen-bond donors (Lipinski definition) is 1. The van der Waals surface area contributed by atoms with E-state index < -0.39 is 17.8 Å². The van der Waals surface area contributed by atoms with Crippen LogP contribution < -0.4 is 4.90 Å². The summed E-state index contributed by atoms with van der Waals surface area (Å²) in [5.41, 5.74) is 1.62. The molecule has 2 amide bonds. The summed E-state index contributed by atoms with van der Waals surface area (Å²) < 4.78 is 5.74. The Labute approximate surface area is 150 Å². The fraction of sp³-hybridized carbons (Fsp3) is 0.150. The van der Waals surface area contributed by atoms with Crippen molar-refractivity contribution in [3.8, 4) is 0 Å². The average molecular weight is 351 g/mol. The molecule has 1 aliphatic heterocycles. The molecule has 0 aliphatic carbocycles. The van der Waals surface area contributed by atoms with E-state index in [1.165, 1.54) is 25.1 Å². The molecule has 6 heteroatoms. The Morgan fingerprint density at radius 1 is 1.08 bits per heavy atom. The molecule has 0 saturated carbocycles. The number of carboxylic acids is 1. The summed E-state index contributed by atoms with van der Waals surface area (Å²) in [4.78, 5) is 37.4. The topological polar surface area (TPSA) is 83.9 Å². The lowest BCUT2D eigenvalue weighted by Crippen LogP contribution is -2.31. The monoisotopic (exact) mass is 351 g/mol. The minimum absolute atomic E-state index is 0.0309. The van der Waals surface area contributed by atoms with Gasteiger partial charge in [-0.15, -0.1) is 0 Å². The van der Waals surface area contributed by atoms with Crippen LogP contribution >= 0.6 is 0 Å². The summed E-state index contributed by atoms with van der Waals surface area (Å²) in [6.07, 6.45) is 0. The molecule has 132 valence electrons. The van der Waals surface area contributed by atoms with E-state index in [4.69, 9.17) is 4.74 Å². The van der Waals surface area contributed by atoms with Gasteiger partial charge < -0.3 is 9.84 Å². The van der Waals surface area contributed by atoms with Crippen LogP contribution in [0.1, 0.15) is 35.3 Å². The summed E-state index contributed by atoms with van der Waals surface area (Å²) >= 11 is 0. The Balaban J connectivity index is 2.33. The van der Waals surface area contributed by atoms with Crippen LogP contribution in [0.3, 0.4) is 0 Å². The smallest absolute Gasteiger partial charge is 0.335 e. The number of imide groups is 1. The molecule has 3 rings (SSSR count). The maximum absolute atomic E-state index is 13.0. The highest BCUT2D eigenvalue weighted by Crippen LogP contribution is 2.41. The minimum Gasteiger partial charge on any atom is -0.492 e. The summed E-state index contributed by atoms with van der Waals surface area (Å²) in [5.74, 6) is -1.76. The van der Waals surface area contributed by atoms with Crippen molar-refractivity contribution in [3.63, 3.8) is 0 Å². The van der Waals surface area contributed by atoms with Gasteiger partial charge in [0.25, 0.3) is 5.91 Å². The molecule has 0 atom stereocenters. The zero-order valence-electron chi connectivity index (χ0n) is 14.4. The van der Waals surface area contributed by atoms with Crippen molar-refractivity contribution >= 4 is 34.8 Å². The third-order valence-electron chi connectivity index (χ3n) is 4.04. The molecule has 26 heavy (non-hydrogen) atoms. The number of carbonyl (C=O) groups is 3. The Bertz CT molecular complexity index is 930. The van der Waals surface area contributed by atoms with Crippen molar-refractivity contribution in [2.75, 3.05) is 11.5 Å². The fourth-order valence-corrected chi connectivity index (χ4v) is 2.97. The normalized spacial score (nSPS) is 14.8. The molecule has 2 aromatic carbocycles. The largest absolute Gasteiger partial charge is 0.492 e. The van der Waals surface area contributed by atoms with E-state index in [-0.39, 0.29) is 11.1 Å². The summed E-state index contributed by atoms with van der Waals surface area (Å²) in [5, 5.41) is 9.29. The van der Waals surface area contributed by atoms with E-state index in [0.29, 0.717) is 29.2 Å². The lowest BCUT2D eigenvalue weighted by atomic mass is 10.00. The molecule has 0 fully saturated rings. The summed E-state index contributed by atoms with van der Waals surface area (Å²) in [6, 6.07) is 13.3. The number of carboxylic acid groups (broad SMARTS) is 1. The maximum Gasteiger partial charge on any atom is 0.335 e. The number of hydrogen-bond acceptors (Lipinski definition) is 4. The van der Waals surface area contributed by atoms with Crippen LogP contribution in [0.15, 0.2) is 48.5 Å². The van der Waals surface area contributed by atoms with Gasteiger partial charge in [0.05, 0.1) is 23.4 Å². The second-order valence-corrected chi connectivity index (χ2v) is 5.70. The van der Waals surface area contributed by atoms with Crippen LogP contribution in [-0.4, -0.2) is 29.5 Å². The van der Waals surface area contributed by atoms with Crippen LogP contribution in [-0.2, 0) is 14.3 Å².